The molecule has 0 radical (unpaired) electrons. The van der Waals surface area contributed by atoms with Crippen molar-refractivity contribution in [1.29, 1.82) is 0 Å². The van der Waals surface area contributed by atoms with Gasteiger partial charge in [-0.05, 0) is 163 Å². The van der Waals surface area contributed by atoms with Crippen LogP contribution >= 0.6 is 79.6 Å². The maximum Gasteiger partial charge on any atom is 0.269 e. The van der Waals surface area contributed by atoms with E-state index in [1.165, 1.54) is 6.07 Å². The molecule has 266 valence electrons. The van der Waals surface area contributed by atoms with Crippen molar-refractivity contribution in [2.45, 2.75) is 25.7 Å². The van der Waals surface area contributed by atoms with Crippen molar-refractivity contribution >= 4 is 103 Å². The van der Waals surface area contributed by atoms with Crippen LogP contribution in [0.15, 0.2) is 87.3 Å². The van der Waals surface area contributed by atoms with E-state index in [2.05, 4.69) is 101 Å². The summed E-state index contributed by atoms with van der Waals surface area (Å²) < 4.78 is 14.3. The van der Waals surface area contributed by atoms with Gasteiger partial charge in [0.25, 0.3) is 11.8 Å². The normalized spacial score (nSPS) is 16.2. The molecule has 4 aliphatic rings. The average molecular weight is 1020 g/mol. The number of ether oxygens (including phenoxy) is 2. The molecular weight excluding hydrogens is 992 g/mol. The van der Waals surface area contributed by atoms with Gasteiger partial charge in [0, 0.05) is 25.9 Å². The van der Waals surface area contributed by atoms with E-state index in [1.807, 2.05) is 12.1 Å². The summed E-state index contributed by atoms with van der Waals surface area (Å²) in [4.78, 5) is 26.0. The lowest BCUT2D eigenvalue weighted by Gasteiger charge is -2.16. The molecule has 4 aliphatic heterocycles. The second-order valence-electron chi connectivity index (χ2n) is 11.2. The lowest BCUT2D eigenvalue weighted by molar-refractivity contribution is -0.115. The molecule has 4 aromatic carbocycles. The minimum Gasteiger partial charge on any atom is -0.503 e. The van der Waals surface area contributed by atoms with E-state index in [0.717, 1.165) is 11.1 Å². The van der Waals surface area contributed by atoms with Crippen LogP contribution in [-0.2, 0) is 35.3 Å². The molecule has 51 heavy (non-hydrogen) atoms. The first kappa shape index (κ1) is 38.6. The fraction of sp³-hybridized carbons (Fsp3) is 0.176. The second kappa shape index (κ2) is 17.3. The second-order valence-corrected chi connectivity index (χ2v) is 15.4. The molecule has 0 fully saturated rings. The summed E-state index contributed by atoms with van der Waals surface area (Å²) in [6.45, 7) is 0.418. The van der Waals surface area contributed by atoms with Gasteiger partial charge in [-0.15, -0.1) is 0 Å². The zero-order valence-corrected chi connectivity index (χ0v) is 34.1. The highest BCUT2D eigenvalue weighted by Gasteiger charge is 2.21. The number of rotatable bonds is 0. The molecule has 4 heterocycles. The Kier molecular flexibility index (Phi) is 13.1. The largest absolute Gasteiger partial charge is 0.503 e. The van der Waals surface area contributed by atoms with Crippen molar-refractivity contribution in [2.75, 3.05) is 13.1 Å². The molecule has 0 saturated carbocycles. The molecule has 2 amide bonds. The van der Waals surface area contributed by atoms with E-state index in [9.17, 15) is 30.2 Å². The van der Waals surface area contributed by atoms with Crippen LogP contribution in [0.25, 0.3) is 0 Å². The zero-order valence-electron chi connectivity index (χ0n) is 26.1. The molecule has 8 rings (SSSR count). The number of amides is 2. The van der Waals surface area contributed by atoms with Crippen LogP contribution in [0.4, 0.5) is 0 Å². The number of benzene rings is 4. The number of nitrogens with one attached hydrogen (secondary N) is 2. The first-order chi connectivity index (χ1) is 24.4. The molecule has 17 heteroatoms. The van der Waals surface area contributed by atoms with Gasteiger partial charge in [0.05, 0.1) is 22.4 Å². The van der Waals surface area contributed by atoms with Crippen LogP contribution < -0.4 is 20.1 Å². The van der Waals surface area contributed by atoms with Gasteiger partial charge in [-0.1, -0.05) is 16.4 Å². The first-order valence-electron chi connectivity index (χ1n) is 15.0. The SMILES string of the molecule is O=C1NCCc2cc(Br)c(O)c(c2)Oc2ccc(cc2Br)CCNC(=O)/C(=N/O)Cc2cc(Br)c(O)c(c2)Oc2c(Br)cc(cc2Br)C/C1=N\O. The average Bonchev–Trinajstić information content (AvgIpc) is 3.08. The Morgan fingerprint density at radius 1 is 0.549 bits per heavy atom. The molecule has 0 aliphatic carbocycles. The standard InChI is InChI=1S/C34H27Br5N4O8/c35-20-7-16-1-2-27(20)50-28-14-17(8-21(36)30(28)44)4-6-41-33(46)25(42-48)12-18-10-23(38)32(24(39)11-18)51-29-15-19(9-22(37)31(29)45)13-26(43-49)34(47)40-5-3-16/h1-2,7-11,14-15,44-45,48-49H,3-6,12-13H2,(H,40,47)(H,41,46)/b42-25+,43-26+. The highest BCUT2D eigenvalue weighted by Crippen LogP contribution is 2.44. The van der Waals surface area contributed by atoms with Gasteiger partial charge < -0.3 is 40.7 Å². The number of hydrogen-bond donors (Lipinski definition) is 6. The third-order valence-corrected chi connectivity index (χ3v) is 10.6. The number of halogens is 5. The van der Waals surface area contributed by atoms with Crippen LogP contribution in [0.5, 0.6) is 34.5 Å². The summed E-state index contributed by atoms with van der Waals surface area (Å²) in [6, 6.07) is 15.2. The summed E-state index contributed by atoms with van der Waals surface area (Å²) >= 11 is 17.2. The number of aromatic hydroxyl groups is 2. The summed E-state index contributed by atoms with van der Waals surface area (Å²) in [5, 5.41) is 52.9. The fourth-order valence-corrected chi connectivity index (χ4v) is 7.96. The van der Waals surface area contributed by atoms with E-state index in [-0.39, 0.29) is 70.6 Å². The molecule has 0 spiro atoms. The van der Waals surface area contributed by atoms with E-state index < -0.39 is 11.8 Å². The molecule has 0 saturated heterocycles. The monoisotopic (exact) mass is 1010 g/mol. The number of phenols is 2. The quantitative estimate of drug-likeness (QED) is 0.0752. The van der Waals surface area contributed by atoms with Crippen molar-refractivity contribution < 1.29 is 39.7 Å². The maximum absolute atomic E-state index is 13.0. The molecule has 4 aromatic rings. The van der Waals surface area contributed by atoms with Crippen LogP contribution in [0, 0.1) is 0 Å². The Morgan fingerprint density at radius 3 is 1.55 bits per heavy atom. The molecule has 8 bridgehead atoms. The van der Waals surface area contributed by atoms with Gasteiger partial charge in [-0.3, -0.25) is 9.59 Å². The molecule has 6 N–H and O–H groups in total. The van der Waals surface area contributed by atoms with Crippen LogP contribution in [0.3, 0.4) is 0 Å². The molecule has 0 atom stereocenters. The lowest BCUT2D eigenvalue weighted by atomic mass is 10.1. The Bertz CT molecular complexity index is 2050. The van der Waals surface area contributed by atoms with Crippen molar-refractivity contribution in [2.24, 2.45) is 10.3 Å². The van der Waals surface area contributed by atoms with Crippen molar-refractivity contribution in [1.82, 2.24) is 10.6 Å². The van der Waals surface area contributed by atoms with Crippen molar-refractivity contribution in [3.05, 3.63) is 99.2 Å². The zero-order chi connectivity index (χ0) is 36.8. The van der Waals surface area contributed by atoms with Gasteiger partial charge in [0.1, 0.15) is 17.2 Å². The minimum absolute atomic E-state index is 0.0339. The van der Waals surface area contributed by atoms with Crippen molar-refractivity contribution in [3.8, 4) is 34.5 Å². The summed E-state index contributed by atoms with van der Waals surface area (Å²) in [5.41, 5.74) is 2.39. The third-order valence-electron chi connectivity index (χ3n) is 7.57. The smallest absolute Gasteiger partial charge is 0.269 e. The maximum atomic E-state index is 13.0. The highest BCUT2D eigenvalue weighted by molar-refractivity contribution is 9.11. The number of oxime groups is 2. The van der Waals surface area contributed by atoms with Gasteiger partial charge in [0.2, 0.25) is 0 Å². The van der Waals surface area contributed by atoms with Gasteiger partial charge in [0.15, 0.2) is 28.7 Å². The third kappa shape index (κ3) is 9.62. The van der Waals surface area contributed by atoms with E-state index in [1.54, 1.807) is 36.4 Å². The van der Waals surface area contributed by atoms with Crippen molar-refractivity contribution in [3.63, 3.8) is 0 Å². The van der Waals surface area contributed by atoms with Gasteiger partial charge >= 0.3 is 0 Å². The van der Waals surface area contributed by atoms with E-state index in [4.69, 9.17) is 9.47 Å². The van der Waals surface area contributed by atoms with Crippen LogP contribution in [0.2, 0.25) is 0 Å². The molecule has 0 unspecified atom stereocenters. The molecular formula is C34H27Br5N4O8. The Hall–Kier alpha value is -3.64. The minimum atomic E-state index is -0.585. The number of nitrogens with zero attached hydrogens (tertiary/aromatic N) is 2. The summed E-state index contributed by atoms with van der Waals surface area (Å²) in [5.74, 6) is -0.543. The van der Waals surface area contributed by atoms with E-state index >= 15 is 0 Å². The predicted octanol–water partition coefficient (Wildman–Crippen LogP) is 8.27. The van der Waals surface area contributed by atoms with Crippen LogP contribution in [0.1, 0.15) is 22.3 Å². The molecule has 12 nitrogen and oxygen atoms in total. The Labute approximate surface area is 333 Å². The number of carbonyl (C=O) groups excluding carboxylic acids is 2. The molecule has 0 aromatic heterocycles. The van der Waals surface area contributed by atoms with E-state index in [0.29, 0.717) is 47.6 Å². The fourth-order valence-electron chi connectivity index (χ4n) is 5.03. The van der Waals surface area contributed by atoms with Gasteiger partial charge in [-0.25, -0.2) is 0 Å². The Morgan fingerprint density at radius 2 is 1.00 bits per heavy atom. The number of hydrogen-bond acceptors (Lipinski definition) is 10. The summed E-state index contributed by atoms with van der Waals surface area (Å²) in [7, 11) is 0. The Balaban J connectivity index is 1.47. The lowest BCUT2D eigenvalue weighted by Crippen LogP contribution is -2.33. The van der Waals surface area contributed by atoms with Gasteiger partial charge in [-0.2, -0.15) is 0 Å². The predicted molar refractivity (Wildman–Crippen MR) is 207 cm³/mol. The summed E-state index contributed by atoms with van der Waals surface area (Å²) in [6.07, 6.45) is 0.677. The topological polar surface area (TPSA) is 182 Å². The van der Waals surface area contributed by atoms with Crippen LogP contribution in [-0.4, -0.2) is 57.0 Å². The first-order valence-corrected chi connectivity index (χ1v) is 19.0. The number of carbonyl (C=O) groups is 2. The highest BCUT2D eigenvalue weighted by atomic mass is 79.9. The number of phenolic OH excluding ortho intramolecular Hbond substituents is 2.